The molecule has 0 fully saturated rings. The van der Waals surface area contributed by atoms with Crippen LogP contribution in [0.2, 0.25) is 0 Å². The number of nitrogens with one attached hydrogen (secondary N) is 1. The maximum atomic E-state index is 12.0. The zero-order valence-electron chi connectivity index (χ0n) is 12.8. The van der Waals surface area contributed by atoms with E-state index in [1.165, 1.54) is 0 Å². The van der Waals surface area contributed by atoms with Crippen LogP contribution in [0.25, 0.3) is 0 Å². The van der Waals surface area contributed by atoms with Gasteiger partial charge in [0.25, 0.3) is 5.91 Å². The van der Waals surface area contributed by atoms with Crippen molar-refractivity contribution in [3.63, 3.8) is 0 Å². The van der Waals surface area contributed by atoms with E-state index in [2.05, 4.69) is 10.3 Å². The van der Waals surface area contributed by atoms with Gasteiger partial charge in [-0.2, -0.15) is 0 Å². The number of imidazole rings is 1. The second-order valence-electron chi connectivity index (χ2n) is 5.20. The van der Waals surface area contributed by atoms with Gasteiger partial charge < -0.3 is 15.0 Å². The number of aliphatic hydroxyl groups excluding tert-OH is 1. The van der Waals surface area contributed by atoms with Gasteiger partial charge in [-0.05, 0) is 31.0 Å². The number of carbonyl (C=O) groups excluding carboxylic acids is 1. The Bertz CT molecular complexity index is 625. The summed E-state index contributed by atoms with van der Waals surface area (Å²) in [5, 5.41) is 13.0. The highest BCUT2D eigenvalue weighted by Crippen LogP contribution is 2.20. The van der Waals surface area contributed by atoms with Crippen molar-refractivity contribution in [2.75, 3.05) is 6.54 Å². The van der Waals surface area contributed by atoms with Crippen LogP contribution in [0.15, 0.2) is 41.8 Å². The first-order chi connectivity index (χ1) is 10.6. The standard InChI is InChI=1S/C16H21N3O2S/c1-12(20)6-7-17-15(21)14-5-3-4-13(10-14)11-22-16-18-8-9-19(16)2/h3-5,8-10,12,20H,6-7,11H2,1-2H3,(H,17,21). The number of amides is 1. The van der Waals surface area contributed by atoms with Crippen molar-refractivity contribution in [1.82, 2.24) is 14.9 Å². The van der Waals surface area contributed by atoms with Crippen LogP contribution in [0.1, 0.15) is 29.3 Å². The first kappa shape index (κ1) is 16.6. The first-order valence-electron chi connectivity index (χ1n) is 7.21. The minimum Gasteiger partial charge on any atom is -0.393 e. The molecule has 5 nitrogen and oxygen atoms in total. The molecule has 2 rings (SSSR count). The maximum absolute atomic E-state index is 12.0. The molecule has 118 valence electrons. The van der Waals surface area contributed by atoms with Gasteiger partial charge in [0, 0.05) is 37.3 Å². The van der Waals surface area contributed by atoms with Gasteiger partial charge in [-0.3, -0.25) is 4.79 Å². The topological polar surface area (TPSA) is 67.2 Å². The minimum atomic E-state index is -0.402. The highest BCUT2D eigenvalue weighted by atomic mass is 32.2. The maximum Gasteiger partial charge on any atom is 0.251 e. The Balaban J connectivity index is 1.91. The lowest BCUT2D eigenvalue weighted by Crippen LogP contribution is -2.26. The van der Waals surface area contributed by atoms with Crippen LogP contribution in [0.4, 0.5) is 0 Å². The third-order valence-electron chi connectivity index (χ3n) is 3.18. The molecule has 1 aromatic heterocycles. The van der Waals surface area contributed by atoms with E-state index in [9.17, 15) is 9.90 Å². The lowest BCUT2D eigenvalue weighted by Gasteiger charge is -2.08. The molecule has 1 atom stereocenters. The predicted octanol–water partition coefficient (Wildman–Crippen LogP) is 2.21. The van der Waals surface area contributed by atoms with Crippen molar-refractivity contribution in [2.24, 2.45) is 7.05 Å². The number of rotatable bonds is 7. The second kappa shape index (κ2) is 8.00. The van der Waals surface area contributed by atoms with E-state index in [1.54, 1.807) is 30.9 Å². The molecule has 0 bridgehead atoms. The number of hydrogen-bond acceptors (Lipinski definition) is 4. The van der Waals surface area contributed by atoms with E-state index >= 15 is 0 Å². The van der Waals surface area contributed by atoms with Crippen LogP contribution >= 0.6 is 11.8 Å². The third-order valence-corrected chi connectivity index (χ3v) is 4.31. The average molecular weight is 319 g/mol. The van der Waals surface area contributed by atoms with Crippen LogP contribution in [0, 0.1) is 0 Å². The van der Waals surface area contributed by atoms with E-state index in [4.69, 9.17) is 0 Å². The smallest absolute Gasteiger partial charge is 0.251 e. The van der Waals surface area contributed by atoms with E-state index in [0.29, 0.717) is 18.5 Å². The van der Waals surface area contributed by atoms with Crippen LogP contribution in [0.5, 0.6) is 0 Å². The van der Waals surface area contributed by atoms with Crippen molar-refractivity contribution in [3.8, 4) is 0 Å². The fourth-order valence-corrected chi connectivity index (χ4v) is 2.81. The first-order valence-corrected chi connectivity index (χ1v) is 8.20. The number of benzene rings is 1. The average Bonchev–Trinajstić information content (AvgIpc) is 2.90. The highest BCUT2D eigenvalue weighted by Gasteiger charge is 2.07. The van der Waals surface area contributed by atoms with Crippen LogP contribution in [0.3, 0.4) is 0 Å². The molecule has 0 saturated heterocycles. The Hall–Kier alpha value is -1.79. The van der Waals surface area contributed by atoms with Crippen molar-refractivity contribution >= 4 is 17.7 Å². The van der Waals surface area contributed by atoms with Gasteiger partial charge in [-0.1, -0.05) is 23.9 Å². The molecule has 0 radical (unpaired) electrons. The summed E-state index contributed by atoms with van der Waals surface area (Å²) in [5.74, 6) is 0.657. The SMILES string of the molecule is CC(O)CCNC(=O)c1cccc(CSc2nccn2C)c1. The Morgan fingerprint density at radius 2 is 2.32 bits per heavy atom. The van der Waals surface area contributed by atoms with E-state index < -0.39 is 6.10 Å². The fraction of sp³-hybridized carbons (Fsp3) is 0.375. The summed E-state index contributed by atoms with van der Waals surface area (Å²) < 4.78 is 1.97. The lowest BCUT2D eigenvalue weighted by atomic mass is 10.1. The van der Waals surface area contributed by atoms with Crippen LogP contribution in [-0.4, -0.2) is 33.2 Å². The summed E-state index contributed by atoms with van der Waals surface area (Å²) in [4.78, 5) is 16.3. The van der Waals surface area contributed by atoms with Gasteiger partial charge in [0.15, 0.2) is 5.16 Å². The molecule has 1 heterocycles. The monoisotopic (exact) mass is 319 g/mol. The molecule has 0 aliphatic carbocycles. The Labute approximate surface area is 134 Å². The number of aryl methyl sites for hydroxylation is 1. The lowest BCUT2D eigenvalue weighted by molar-refractivity contribution is 0.0945. The Kier molecular flexibility index (Phi) is 6.03. The third kappa shape index (κ3) is 4.89. The molecule has 0 aliphatic heterocycles. The van der Waals surface area contributed by atoms with Gasteiger partial charge in [-0.25, -0.2) is 4.98 Å². The van der Waals surface area contributed by atoms with Gasteiger partial charge >= 0.3 is 0 Å². The van der Waals surface area contributed by atoms with E-state index in [1.807, 2.05) is 36.0 Å². The van der Waals surface area contributed by atoms with Gasteiger partial charge in [0.2, 0.25) is 0 Å². The second-order valence-corrected chi connectivity index (χ2v) is 6.15. The minimum absolute atomic E-state index is 0.107. The zero-order chi connectivity index (χ0) is 15.9. The summed E-state index contributed by atoms with van der Waals surface area (Å²) in [6.45, 7) is 2.18. The van der Waals surface area contributed by atoms with Gasteiger partial charge in [-0.15, -0.1) is 0 Å². The molecule has 0 spiro atoms. The van der Waals surface area contributed by atoms with E-state index in [-0.39, 0.29) is 5.91 Å². The predicted molar refractivity (Wildman–Crippen MR) is 87.8 cm³/mol. The Morgan fingerprint density at radius 1 is 1.50 bits per heavy atom. The summed E-state index contributed by atoms with van der Waals surface area (Å²) in [6, 6.07) is 7.58. The van der Waals surface area contributed by atoms with Gasteiger partial charge in [0.1, 0.15) is 0 Å². The van der Waals surface area contributed by atoms with Crippen LogP contribution < -0.4 is 5.32 Å². The van der Waals surface area contributed by atoms with Crippen molar-refractivity contribution < 1.29 is 9.90 Å². The molecule has 0 aliphatic rings. The quantitative estimate of drug-likeness (QED) is 0.768. The largest absolute Gasteiger partial charge is 0.393 e. The normalized spacial score (nSPS) is 12.1. The van der Waals surface area contributed by atoms with E-state index in [0.717, 1.165) is 16.5 Å². The molecule has 2 aromatic rings. The Morgan fingerprint density at radius 3 is 3.00 bits per heavy atom. The molecular weight excluding hydrogens is 298 g/mol. The van der Waals surface area contributed by atoms with Crippen LogP contribution in [-0.2, 0) is 12.8 Å². The highest BCUT2D eigenvalue weighted by molar-refractivity contribution is 7.98. The molecule has 1 amide bonds. The number of carbonyl (C=O) groups is 1. The number of thioether (sulfide) groups is 1. The van der Waals surface area contributed by atoms with Gasteiger partial charge in [0.05, 0.1) is 6.10 Å². The number of nitrogens with zero attached hydrogens (tertiary/aromatic N) is 2. The summed E-state index contributed by atoms with van der Waals surface area (Å²) in [6.07, 6.45) is 3.84. The molecule has 0 saturated carbocycles. The molecule has 6 heteroatoms. The molecule has 1 unspecified atom stereocenters. The summed E-state index contributed by atoms with van der Waals surface area (Å²) in [5.41, 5.74) is 1.72. The number of aromatic nitrogens is 2. The van der Waals surface area contributed by atoms with Crippen molar-refractivity contribution in [3.05, 3.63) is 47.8 Å². The summed E-state index contributed by atoms with van der Waals surface area (Å²) >= 11 is 1.64. The molecule has 2 N–H and O–H groups in total. The zero-order valence-corrected chi connectivity index (χ0v) is 13.6. The number of aliphatic hydroxyl groups is 1. The number of hydrogen-bond donors (Lipinski definition) is 2. The molecular formula is C16H21N3O2S. The molecule has 22 heavy (non-hydrogen) atoms. The summed E-state index contributed by atoms with van der Waals surface area (Å²) in [7, 11) is 1.96. The fourth-order valence-electron chi connectivity index (χ4n) is 1.94. The van der Waals surface area contributed by atoms with Crippen molar-refractivity contribution in [1.29, 1.82) is 0 Å². The molecule has 1 aromatic carbocycles. The van der Waals surface area contributed by atoms with Crippen molar-refractivity contribution in [2.45, 2.75) is 30.4 Å².